The number of hydrogen-bond acceptors (Lipinski definition) is 6. The summed E-state index contributed by atoms with van der Waals surface area (Å²) in [7, 11) is 0. The SMILES string of the molecule is CCNC(=O)CNC(=O)CSc1nnnn1-c1ccc(C)c(C)c1. The average Bonchev–Trinajstić information content (AvgIpc) is 3.02. The van der Waals surface area contributed by atoms with Crippen LogP contribution >= 0.6 is 11.8 Å². The van der Waals surface area contributed by atoms with Crippen LogP contribution < -0.4 is 10.6 Å². The molecule has 0 spiro atoms. The Balaban J connectivity index is 1.94. The van der Waals surface area contributed by atoms with Crippen LogP contribution in [-0.2, 0) is 9.59 Å². The van der Waals surface area contributed by atoms with E-state index in [0.717, 1.165) is 11.3 Å². The van der Waals surface area contributed by atoms with Gasteiger partial charge in [-0.05, 0) is 54.5 Å². The van der Waals surface area contributed by atoms with Crippen molar-refractivity contribution in [3.05, 3.63) is 29.3 Å². The number of amides is 2. The molecule has 0 fully saturated rings. The Kier molecular flexibility index (Phi) is 6.30. The summed E-state index contributed by atoms with van der Waals surface area (Å²) in [5, 5.41) is 17.3. The molecule has 0 unspecified atom stereocenters. The molecule has 1 heterocycles. The maximum Gasteiger partial charge on any atom is 0.239 e. The molecule has 24 heavy (non-hydrogen) atoms. The van der Waals surface area contributed by atoms with Gasteiger partial charge in [-0.15, -0.1) is 5.10 Å². The Labute approximate surface area is 144 Å². The minimum absolute atomic E-state index is 0.0324. The van der Waals surface area contributed by atoms with E-state index < -0.39 is 0 Å². The van der Waals surface area contributed by atoms with Gasteiger partial charge in [0.05, 0.1) is 18.0 Å². The van der Waals surface area contributed by atoms with Crippen molar-refractivity contribution in [3.8, 4) is 5.69 Å². The number of tetrazole rings is 1. The number of hydrogen-bond donors (Lipinski definition) is 2. The zero-order chi connectivity index (χ0) is 17.5. The topological polar surface area (TPSA) is 102 Å². The van der Waals surface area contributed by atoms with Crippen molar-refractivity contribution in [2.75, 3.05) is 18.8 Å². The molecular formula is C15H20N6O2S. The Bertz CT molecular complexity index is 731. The highest BCUT2D eigenvalue weighted by Gasteiger charge is 2.12. The molecule has 0 aliphatic carbocycles. The Morgan fingerprint density at radius 3 is 2.67 bits per heavy atom. The lowest BCUT2D eigenvalue weighted by Crippen LogP contribution is -2.37. The second kappa shape index (κ2) is 8.44. The largest absolute Gasteiger partial charge is 0.355 e. The number of likely N-dealkylation sites (N-methyl/N-ethyl adjacent to an activating group) is 1. The predicted molar refractivity (Wildman–Crippen MR) is 91.0 cm³/mol. The number of benzene rings is 1. The van der Waals surface area contributed by atoms with Crippen LogP contribution in [0.15, 0.2) is 23.4 Å². The van der Waals surface area contributed by atoms with Gasteiger partial charge < -0.3 is 10.6 Å². The van der Waals surface area contributed by atoms with Gasteiger partial charge in [-0.2, -0.15) is 4.68 Å². The number of thioether (sulfide) groups is 1. The second-order valence-electron chi connectivity index (χ2n) is 5.16. The molecule has 2 amide bonds. The fraction of sp³-hybridized carbons (Fsp3) is 0.400. The summed E-state index contributed by atoms with van der Waals surface area (Å²) in [6.07, 6.45) is 0. The zero-order valence-corrected chi connectivity index (χ0v) is 14.7. The lowest BCUT2D eigenvalue weighted by atomic mass is 10.1. The normalized spacial score (nSPS) is 10.5. The number of carbonyl (C=O) groups excluding carboxylic acids is 2. The molecular weight excluding hydrogens is 328 g/mol. The summed E-state index contributed by atoms with van der Waals surface area (Å²) in [6, 6.07) is 5.92. The summed E-state index contributed by atoms with van der Waals surface area (Å²) in [4.78, 5) is 23.1. The van der Waals surface area contributed by atoms with Gasteiger partial charge in [0.25, 0.3) is 0 Å². The van der Waals surface area contributed by atoms with Crippen molar-refractivity contribution >= 4 is 23.6 Å². The van der Waals surface area contributed by atoms with E-state index in [1.807, 2.05) is 39.0 Å². The molecule has 1 aromatic carbocycles. The van der Waals surface area contributed by atoms with Gasteiger partial charge >= 0.3 is 0 Å². The molecule has 0 aliphatic heterocycles. The standard InChI is InChI=1S/C15H20N6O2S/c1-4-16-13(22)8-17-14(23)9-24-15-18-19-20-21(15)12-6-5-10(2)11(3)7-12/h5-7H,4,8-9H2,1-3H3,(H,16,22)(H,17,23). The maximum atomic E-state index is 11.8. The van der Waals surface area contributed by atoms with Crippen molar-refractivity contribution in [2.45, 2.75) is 25.9 Å². The van der Waals surface area contributed by atoms with E-state index in [4.69, 9.17) is 0 Å². The molecule has 128 valence electrons. The Morgan fingerprint density at radius 1 is 1.17 bits per heavy atom. The minimum Gasteiger partial charge on any atom is -0.355 e. The molecule has 0 saturated carbocycles. The first-order chi connectivity index (χ1) is 11.5. The monoisotopic (exact) mass is 348 g/mol. The molecule has 8 nitrogen and oxygen atoms in total. The van der Waals surface area contributed by atoms with Crippen LogP contribution in [0.5, 0.6) is 0 Å². The van der Waals surface area contributed by atoms with Crippen molar-refractivity contribution in [3.63, 3.8) is 0 Å². The lowest BCUT2D eigenvalue weighted by Gasteiger charge is -2.07. The van der Waals surface area contributed by atoms with Crippen LogP contribution in [0.25, 0.3) is 5.69 Å². The smallest absolute Gasteiger partial charge is 0.239 e. The lowest BCUT2D eigenvalue weighted by molar-refractivity contribution is -0.124. The molecule has 1 aromatic heterocycles. The molecule has 2 aromatic rings. The van der Waals surface area contributed by atoms with E-state index in [2.05, 4.69) is 26.2 Å². The predicted octanol–water partition coefficient (Wildman–Crippen LogP) is 0.624. The maximum absolute atomic E-state index is 11.8. The van der Waals surface area contributed by atoms with Gasteiger partial charge in [-0.1, -0.05) is 17.8 Å². The summed E-state index contributed by atoms with van der Waals surface area (Å²) in [5.74, 6) is -0.332. The van der Waals surface area contributed by atoms with Gasteiger partial charge in [0.2, 0.25) is 17.0 Å². The summed E-state index contributed by atoms with van der Waals surface area (Å²) in [6.45, 7) is 6.38. The molecule has 0 aliphatic rings. The molecule has 0 radical (unpaired) electrons. The van der Waals surface area contributed by atoms with Crippen LogP contribution in [0.3, 0.4) is 0 Å². The highest BCUT2D eigenvalue weighted by molar-refractivity contribution is 7.99. The van der Waals surface area contributed by atoms with Crippen LogP contribution in [0.4, 0.5) is 0 Å². The molecule has 0 atom stereocenters. The summed E-state index contributed by atoms with van der Waals surface area (Å²) >= 11 is 1.21. The zero-order valence-electron chi connectivity index (χ0n) is 13.9. The van der Waals surface area contributed by atoms with Gasteiger partial charge in [0.15, 0.2) is 0 Å². The number of carbonyl (C=O) groups is 2. The molecule has 9 heteroatoms. The molecule has 0 saturated heterocycles. The van der Waals surface area contributed by atoms with Crippen LogP contribution in [-0.4, -0.2) is 50.9 Å². The van der Waals surface area contributed by atoms with Gasteiger partial charge in [0, 0.05) is 6.54 Å². The third-order valence-corrected chi connectivity index (χ3v) is 4.25. The third-order valence-electron chi connectivity index (χ3n) is 3.33. The van der Waals surface area contributed by atoms with E-state index in [1.54, 1.807) is 4.68 Å². The fourth-order valence-electron chi connectivity index (χ4n) is 1.91. The first kappa shape index (κ1) is 17.9. The Morgan fingerprint density at radius 2 is 1.96 bits per heavy atom. The number of aryl methyl sites for hydroxylation is 2. The van der Waals surface area contributed by atoms with Crippen molar-refractivity contribution in [1.82, 2.24) is 30.8 Å². The summed E-state index contributed by atoms with van der Waals surface area (Å²) in [5.41, 5.74) is 3.16. The quantitative estimate of drug-likeness (QED) is 0.712. The second-order valence-corrected chi connectivity index (χ2v) is 6.10. The highest BCUT2D eigenvalue weighted by atomic mass is 32.2. The van der Waals surface area contributed by atoms with Crippen molar-refractivity contribution < 1.29 is 9.59 Å². The number of nitrogens with zero attached hydrogens (tertiary/aromatic N) is 4. The first-order valence-corrected chi connectivity index (χ1v) is 8.52. The van der Waals surface area contributed by atoms with Gasteiger partial charge in [-0.25, -0.2) is 0 Å². The van der Waals surface area contributed by atoms with Gasteiger partial charge in [-0.3, -0.25) is 9.59 Å². The van der Waals surface area contributed by atoms with Crippen molar-refractivity contribution in [2.24, 2.45) is 0 Å². The first-order valence-electron chi connectivity index (χ1n) is 7.53. The van der Waals surface area contributed by atoms with E-state index in [-0.39, 0.29) is 24.1 Å². The van der Waals surface area contributed by atoms with Crippen LogP contribution in [0.2, 0.25) is 0 Å². The van der Waals surface area contributed by atoms with Crippen LogP contribution in [0, 0.1) is 13.8 Å². The number of nitrogens with one attached hydrogen (secondary N) is 2. The minimum atomic E-state index is -0.249. The Hall–Kier alpha value is -2.42. The average molecular weight is 348 g/mol. The van der Waals surface area contributed by atoms with E-state index >= 15 is 0 Å². The fourth-order valence-corrected chi connectivity index (χ4v) is 2.63. The van der Waals surface area contributed by atoms with E-state index in [1.165, 1.54) is 17.3 Å². The summed E-state index contributed by atoms with van der Waals surface area (Å²) < 4.78 is 1.59. The third kappa shape index (κ3) is 4.79. The van der Waals surface area contributed by atoms with Gasteiger partial charge in [0.1, 0.15) is 0 Å². The number of rotatable bonds is 7. The van der Waals surface area contributed by atoms with Crippen molar-refractivity contribution in [1.29, 1.82) is 0 Å². The molecule has 2 rings (SSSR count). The molecule has 0 bridgehead atoms. The molecule has 2 N–H and O–H groups in total. The van der Waals surface area contributed by atoms with E-state index in [9.17, 15) is 9.59 Å². The van der Waals surface area contributed by atoms with Crippen LogP contribution in [0.1, 0.15) is 18.1 Å². The number of aromatic nitrogens is 4. The van der Waals surface area contributed by atoms with E-state index in [0.29, 0.717) is 11.7 Å². The highest BCUT2D eigenvalue weighted by Crippen LogP contribution is 2.19.